The Hall–Kier alpha value is -0.0400. The predicted molar refractivity (Wildman–Crippen MR) is 43.3 cm³/mol. The Bertz CT molecular complexity index is 120. The Morgan fingerprint density at radius 1 is 1.36 bits per heavy atom. The molecule has 0 radical (unpaired) electrons. The molecular weight excluding hydrogens is 183 g/mol. The first-order chi connectivity index (χ1) is 4.91. The molecule has 0 amide bonds. The van der Waals surface area contributed by atoms with Crippen LogP contribution < -0.4 is 17.4 Å². The normalized spacial score (nSPS) is 7.82. The molecule has 0 aromatic carbocycles. The molecule has 0 fully saturated rings. The molecule has 66 valence electrons. The maximum atomic E-state index is 4.99. The molecule has 0 aromatic rings. The van der Waals surface area contributed by atoms with Crippen molar-refractivity contribution in [1.29, 1.82) is 0 Å². The standard InChI is InChI=1S/C7H13ClN2.ClH/c1-2-3-4-5-6-9-7-10-8;/h2-6H2,1H3;1H. The zero-order valence-corrected chi connectivity index (χ0v) is 8.25. The zero-order valence-electron chi connectivity index (χ0n) is 6.74. The van der Waals surface area contributed by atoms with E-state index in [1.54, 1.807) is 0 Å². The first kappa shape index (κ1) is 13.5. The van der Waals surface area contributed by atoms with Gasteiger partial charge in [-0.15, -0.1) is 0 Å². The van der Waals surface area contributed by atoms with Gasteiger partial charge in [0, 0.05) is 0 Å². The van der Waals surface area contributed by atoms with E-state index in [0.717, 1.165) is 6.54 Å². The third kappa shape index (κ3) is 13.0. The Balaban J connectivity index is 0. The van der Waals surface area contributed by atoms with Gasteiger partial charge in [-0.3, -0.25) is 0 Å². The van der Waals surface area contributed by atoms with Gasteiger partial charge in [0.1, 0.15) is 0 Å². The fourth-order valence-electron chi connectivity index (χ4n) is 0.726. The van der Waals surface area contributed by atoms with E-state index in [4.69, 9.17) is 11.8 Å². The van der Waals surface area contributed by atoms with Crippen LogP contribution in [-0.2, 0) is 0 Å². The molecule has 4 heteroatoms. The van der Waals surface area contributed by atoms with Gasteiger partial charge in [-0.2, -0.15) is 0 Å². The summed E-state index contributed by atoms with van der Waals surface area (Å²) in [6.07, 6.45) is 5.02. The Morgan fingerprint density at radius 3 is 2.64 bits per heavy atom. The Morgan fingerprint density at radius 2 is 2.09 bits per heavy atom. The van der Waals surface area contributed by atoms with Gasteiger partial charge in [-0.1, -0.05) is 19.8 Å². The van der Waals surface area contributed by atoms with Crippen LogP contribution in [0.2, 0.25) is 0 Å². The van der Waals surface area contributed by atoms with E-state index in [9.17, 15) is 0 Å². The highest BCUT2D eigenvalue weighted by atomic mass is 35.5. The molecule has 0 aliphatic carbocycles. The van der Waals surface area contributed by atoms with Crippen LogP contribution in [0, 0.1) is 0 Å². The smallest absolute Gasteiger partial charge is 0.327 e. The summed E-state index contributed by atoms with van der Waals surface area (Å²) in [4.78, 5) is 2.85. The summed E-state index contributed by atoms with van der Waals surface area (Å²) in [5.41, 5.74) is 0. The van der Waals surface area contributed by atoms with Gasteiger partial charge in [0.2, 0.25) is 11.8 Å². The third-order valence-electron chi connectivity index (χ3n) is 1.28. The number of nitrogens with one attached hydrogen (secondary N) is 1. The molecule has 0 aliphatic heterocycles. The molecule has 0 saturated heterocycles. The van der Waals surface area contributed by atoms with Gasteiger partial charge >= 0.3 is 6.01 Å². The predicted octanol–water partition coefficient (Wildman–Crippen LogP) is -2.02. The number of hydrogen-bond acceptors (Lipinski definition) is 1. The van der Waals surface area contributed by atoms with E-state index in [1.807, 2.05) is 0 Å². The largest absolute Gasteiger partial charge is 1.00 e. The third-order valence-corrected chi connectivity index (χ3v) is 1.36. The van der Waals surface area contributed by atoms with Gasteiger partial charge < -0.3 is 12.4 Å². The highest BCUT2D eigenvalue weighted by Crippen LogP contribution is 1.95. The van der Waals surface area contributed by atoms with Crippen LogP contribution in [-0.4, -0.2) is 12.6 Å². The number of rotatable bonds is 5. The second-order valence-corrected chi connectivity index (χ2v) is 2.35. The van der Waals surface area contributed by atoms with Gasteiger partial charge in [-0.05, 0) is 12.8 Å². The first-order valence-electron chi connectivity index (χ1n) is 3.70. The number of hydrogen-bond donors (Lipinski definition) is 1. The second kappa shape index (κ2) is 12.6. The SMILES string of the molecule is CCCCCC[NH+]=C=NCl.[Cl-]. The lowest BCUT2D eigenvalue weighted by molar-refractivity contribution is -0.450. The number of nitrogens with zero attached hydrogens (tertiary/aromatic N) is 1. The van der Waals surface area contributed by atoms with Crippen LogP contribution in [0.3, 0.4) is 0 Å². The molecule has 1 N–H and O–H groups in total. The van der Waals surface area contributed by atoms with Crippen LogP contribution in [0.25, 0.3) is 0 Å². The van der Waals surface area contributed by atoms with Gasteiger partial charge in [0.15, 0.2) is 0 Å². The zero-order chi connectivity index (χ0) is 7.66. The quantitative estimate of drug-likeness (QED) is 0.389. The summed E-state index contributed by atoms with van der Waals surface area (Å²) >= 11 is 4.99. The van der Waals surface area contributed by atoms with Crippen molar-refractivity contribution in [2.45, 2.75) is 32.6 Å². The van der Waals surface area contributed by atoms with E-state index < -0.39 is 0 Å². The van der Waals surface area contributed by atoms with Crippen molar-refractivity contribution in [3.63, 3.8) is 0 Å². The Labute approximate surface area is 79.3 Å². The van der Waals surface area contributed by atoms with Crippen LogP contribution >= 0.6 is 11.8 Å². The second-order valence-electron chi connectivity index (χ2n) is 2.18. The van der Waals surface area contributed by atoms with E-state index in [0.29, 0.717) is 0 Å². The summed E-state index contributed by atoms with van der Waals surface area (Å²) in [5, 5.41) is 0. The summed E-state index contributed by atoms with van der Waals surface area (Å²) in [6, 6.07) is 2.47. The van der Waals surface area contributed by atoms with E-state index in [1.165, 1.54) is 25.7 Å². The molecule has 0 heterocycles. The number of halogens is 2. The van der Waals surface area contributed by atoms with Gasteiger partial charge in [0.05, 0.1) is 11.1 Å². The van der Waals surface area contributed by atoms with Crippen molar-refractivity contribution >= 4 is 17.8 Å². The van der Waals surface area contributed by atoms with Crippen molar-refractivity contribution in [3.05, 3.63) is 0 Å². The first-order valence-corrected chi connectivity index (χ1v) is 4.04. The summed E-state index contributed by atoms with van der Waals surface area (Å²) in [5.74, 6) is 0. The molecule has 0 aliphatic rings. The minimum Gasteiger partial charge on any atom is -1.00 e. The van der Waals surface area contributed by atoms with Crippen LogP contribution in [0.5, 0.6) is 0 Å². The minimum absolute atomic E-state index is 0. The average Bonchev–Trinajstić information content (AvgIpc) is 1.97. The lowest BCUT2D eigenvalue weighted by Crippen LogP contribution is -3.00. The highest BCUT2D eigenvalue weighted by Gasteiger charge is 1.85. The maximum absolute atomic E-state index is 4.99. The molecule has 11 heavy (non-hydrogen) atoms. The summed E-state index contributed by atoms with van der Waals surface area (Å²) in [6.45, 7) is 3.12. The lowest BCUT2D eigenvalue weighted by atomic mass is 10.2. The molecule has 2 nitrogen and oxygen atoms in total. The van der Waals surface area contributed by atoms with E-state index in [2.05, 4.69) is 22.4 Å². The topological polar surface area (TPSA) is 26.3 Å². The fraction of sp³-hybridized carbons (Fsp3) is 0.857. The van der Waals surface area contributed by atoms with E-state index >= 15 is 0 Å². The van der Waals surface area contributed by atoms with Crippen molar-refractivity contribution in [1.82, 2.24) is 0 Å². The summed E-state index contributed by atoms with van der Waals surface area (Å²) < 4.78 is 3.16. The monoisotopic (exact) mass is 196 g/mol. The average molecular weight is 197 g/mol. The lowest BCUT2D eigenvalue weighted by Gasteiger charge is -1.90. The minimum atomic E-state index is 0. The fourth-order valence-corrected chi connectivity index (χ4v) is 0.786. The van der Waals surface area contributed by atoms with Gasteiger partial charge in [0.25, 0.3) is 0 Å². The molecule has 0 unspecified atom stereocenters. The molecule has 0 rings (SSSR count). The van der Waals surface area contributed by atoms with Crippen molar-refractivity contribution < 1.29 is 17.4 Å². The molecule has 0 aromatic heterocycles. The van der Waals surface area contributed by atoms with Crippen molar-refractivity contribution in [2.24, 2.45) is 4.51 Å². The molecule has 0 bridgehead atoms. The van der Waals surface area contributed by atoms with Crippen LogP contribution in [0.15, 0.2) is 4.51 Å². The molecular formula is C7H14Cl2N2. The van der Waals surface area contributed by atoms with Crippen molar-refractivity contribution in [3.8, 4) is 0 Å². The summed E-state index contributed by atoms with van der Waals surface area (Å²) in [7, 11) is 0. The van der Waals surface area contributed by atoms with Crippen molar-refractivity contribution in [2.75, 3.05) is 6.54 Å². The Kier molecular flexibility index (Phi) is 15.5. The number of unbranched alkanes of at least 4 members (excludes halogenated alkanes) is 3. The van der Waals surface area contributed by atoms with Crippen LogP contribution in [0.1, 0.15) is 32.6 Å². The maximum Gasteiger partial charge on any atom is 0.327 e. The van der Waals surface area contributed by atoms with Gasteiger partial charge in [-0.25, -0.2) is 4.99 Å². The molecule has 0 saturated carbocycles. The highest BCUT2D eigenvalue weighted by molar-refractivity contribution is 6.16. The molecule has 0 atom stereocenters. The molecule has 0 spiro atoms. The van der Waals surface area contributed by atoms with E-state index in [-0.39, 0.29) is 12.4 Å². The van der Waals surface area contributed by atoms with Crippen LogP contribution in [0.4, 0.5) is 0 Å².